The number of carbonyl (C=O) groups excluding carboxylic acids is 1. The average Bonchev–Trinajstić information content (AvgIpc) is 2.96. The number of amides is 1. The molecule has 0 unspecified atom stereocenters. The highest BCUT2D eigenvalue weighted by Crippen LogP contribution is 2.18. The SMILES string of the molecule is O=C(C=Cc1ccccc1[N+](=O)[O-])NCc1ncc[nH]1. The number of para-hydroxylation sites is 1. The zero-order chi connectivity index (χ0) is 14.4. The largest absolute Gasteiger partial charge is 0.347 e. The van der Waals surface area contributed by atoms with Gasteiger partial charge in [-0.1, -0.05) is 12.1 Å². The Morgan fingerprint density at radius 3 is 2.95 bits per heavy atom. The normalized spacial score (nSPS) is 10.6. The number of rotatable bonds is 5. The molecule has 2 aromatic rings. The molecule has 1 amide bonds. The van der Waals surface area contributed by atoms with Crippen LogP contribution in [0.3, 0.4) is 0 Å². The molecule has 2 rings (SSSR count). The smallest absolute Gasteiger partial charge is 0.276 e. The van der Waals surface area contributed by atoms with E-state index in [0.29, 0.717) is 11.4 Å². The van der Waals surface area contributed by atoms with E-state index >= 15 is 0 Å². The van der Waals surface area contributed by atoms with E-state index in [1.165, 1.54) is 18.2 Å². The fourth-order valence-corrected chi connectivity index (χ4v) is 1.58. The van der Waals surface area contributed by atoms with E-state index in [-0.39, 0.29) is 18.1 Å². The van der Waals surface area contributed by atoms with Crippen LogP contribution in [0.1, 0.15) is 11.4 Å². The van der Waals surface area contributed by atoms with Crippen LogP contribution in [0.5, 0.6) is 0 Å². The summed E-state index contributed by atoms with van der Waals surface area (Å²) >= 11 is 0. The van der Waals surface area contributed by atoms with Gasteiger partial charge in [0.2, 0.25) is 5.91 Å². The Morgan fingerprint density at radius 2 is 2.25 bits per heavy atom. The van der Waals surface area contributed by atoms with Gasteiger partial charge in [0.1, 0.15) is 5.82 Å². The summed E-state index contributed by atoms with van der Waals surface area (Å²) in [6.45, 7) is 0.271. The number of carbonyl (C=O) groups is 1. The van der Waals surface area contributed by atoms with E-state index in [2.05, 4.69) is 15.3 Å². The molecule has 0 aliphatic heterocycles. The van der Waals surface area contributed by atoms with Crippen LogP contribution >= 0.6 is 0 Å². The second-order valence-electron chi connectivity index (χ2n) is 3.90. The zero-order valence-electron chi connectivity index (χ0n) is 10.4. The molecule has 0 saturated carbocycles. The van der Waals surface area contributed by atoms with Crippen LogP contribution in [0, 0.1) is 10.1 Å². The lowest BCUT2D eigenvalue weighted by Crippen LogP contribution is -2.20. The standard InChI is InChI=1S/C13H12N4O3/c18-13(16-9-12-14-7-8-15-12)6-5-10-3-1-2-4-11(10)17(19)20/h1-8H,9H2,(H,14,15)(H,16,18). The number of nitro groups is 1. The van der Waals surface area contributed by atoms with Gasteiger partial charge in [0, 0.05) is 24.5 Å². The van der Waals surface area contributed by atoms with E-state index in [9.17, 15) is 14.9 Å². The summed E-state index contributed by atoms with van der Waals surface area (Å²) in [7, 11) is 0. The quantitative estimate of drug-likeness (QED) is 0.491. The molecule has 20 heavy (non-hydrogen) atoms. The van der Waals surface area contributed by atoms with Crippen LogP contribution < -0.4 is 5.32 Å². The Morgan fingerprint density at radius 1 is 1.45 bits per heavy atom. The second-order valence-corrected chi connectivity index (χ2v) is 3.90. The average molecular weight is 272 g/mol. The summed E-state index contributed by atoms with van der Waals surface area (Å²) in [5.74, 6) is 0.289. The predicted octanol–water partition coefficient (Wildman–Crippen LogP) is 1.65. The molecule has 0 saturated heterocycles. The van der Waals surface area contributed by atoms with Gasteiger partial charge in [0.25, 0.3) is 5.69 Å². The summed E-state index contributed by atoms with van der Waals surface area (Å²) in [6.07, 6.45) is 5.91. The summed E-state index contributed by atoms with van der Waals surface area (Å²) in [4.78, 5) is 28.7. The van der Waals surface area contributed by atoms with Crippen molar-refractivity contribution in [2.45, 2.75) is 6.54 Å². The number of nitro benzene ring substituents is 1. The predicted molar refractivity (Wildman–Crippen MR) is 72.6 cm³/mol. The number of H-pyrrole nitrogens is 1. The third kappa shape index (κ3) is 3.52. The summed E-state index contributed by atoms with van der Waals surface area (Å²) in [5.41, 5.74) is 0.341. The maximum Gasteiger partial charge on any atom is 0.276 e. The summed E-state index contributed by atoms with van der Waals surface area (Å²) in [6, 6.07) is 6.22. The van der Waals surface area contributed by atoms with Crippen molar-refractivity contribution in [2.24, 2.45) is 0 Å². The molecule has 0 atom stereocenters. The Kier molecular flexibility index (Phi) is 4.23. The van der Waals surface area contributed by atoms with E-state index in [1.54, 1.807) is 30.6 Å². The molecule has 7 nitrogen and oxygen atoms in total. The van der Waals surface area contributed by atoms with Crippen LogP contribution in [-0.2, 0) is 11.3 Å². The third-order valence-electron chi connectivity index (χ3n) is 2.53. The number of aromatic amines is 1. The van der Waals surface area contributed by atoms with Crippen LogP contribution in [0.4, 0.5) is 5.69 Å². The minimum Gasteiger partial charge on any atom is -0.347 e. The number of nitrogens with zero attached hydrogens (tertiary/aromatic N) is 2. The van der Waals surface area contributed by atoms with Crippen molar-refractivity contribution in [1.29, 1.82) is 0 Å². The first kappa shape index (κ1) is 13.5. The molecule has 0 fully saturated rings. The number of imidazole rings is 1. The molecule has 0 aliphatic carbocycles. The van der Waals surface area contributed by atoms with Gasteiger partial charge in [0.15, 0.2) is 0 Å². The van der Waals surface area contributed by atoms with Gasteiger partial charge < -0.3 is 10.3 Å². The fraction of sp³-hybridized carbons (Fsp3) is 0.0769. The number of hydrogen-bond acceptors (Lipinski definition) is 4. The van der Waals surface area contributed by atoms with E-state index in [4.69, 9.17) is 0 Å². The highest BCUT2D eigenvalue weighted by atomic mass is 16.6. The monoisotopic (exact) mass is 272 g/mol. The molecule has 0 radical (unpaired) electrons. The van der Waals surface area contributed by atoms with Gasteiger partial charge in [-0.3, -0.25) is 14.9 Å². The van der Waals surface area contributed by atoms with Crippen molar-refractivity contribution in [1.82, 2.24) is 15.3 Å². The second kappa shape index (κ2) is 6.28. The summed E-state index contributed by atoms with van der Waals surface area (Å²) in [5, 5.41) is 13.4. The lowest BCUT2D eigenvalue weighted by atomic mass is 10.1. The minimum atomic E-state index is -0.486. The van der Waals surface area contributed by atoms with E-state index in [0.717, 1.165) is 0 Å². The maximum atomic E-state index is 11.6. The Balaban J connectivity index is 1.98. The van der Waals surface area contributed by atoms with Gasteiger partial charge in [-0.25, -0.2) is 4.98 Å². The number of benzene rings is 1. The van der Waals surface area contributed by atoms with Gasteiger partial charge >= 0.3 is 0 Å². The van der Waals surface area contributed by atoms with E-state index in [1.807, 2.05) is 0 Å². The molecule has 0 spiro atoms. The molecular formula is C13H12N4O3. The van der Waals surface area contributed by atoms with Crippen molar-refractivity contribution in [3.05, 3.63) is 64.2 Å². The van der Waals surface area contributed by atoms with E-state index < -0.39 is 4.92 Å². The summed E-state index contributed by atoms with van der Waals surface area (Å²) < 4.78 is 0. The van der Waals surface area contributed by atoms with Crippen molar-refractivity contribution < 1.29 is 9.72 Å². The molecule has 7 heteroatoms. The fourth-order valence-electron chi connectivity index (χ4n) is 1.58. The lowest BCUT2D eigenvalue weighted by molar-refractivity contribution is -0.385. The number of aromatic nitrogens is 2. The lowest BCUT2D eigenvalue weighted by Gasteiger charge is -1.99. The minimum absolute atomic E-state index is 0.0393. The maximum absolute atomic E-state index is 11.6. The molecule has 0 aliphatic rings. The highest BCUT2D eigenvalue weighted by Gasteiger charge is 2.09. The van der Waals surface area contributed by atoms with Crippen LogP contribution in [0.15, 0.2) is 42.7 Å². The molecular weight excluding hydrogens is 260 g/mol. The Bertz CT molecular complexity index is 635. The number of hydrogen-bond donors (Lipinski definition) is 2. The van der Waals surface area contributed by atoms with Crippen LogP contribution in [0.2, 0.25) is 0 Å². The van der Waals surface area contributed by atoms with Gasteiger partial charge in [-0.05, 0) is 12.1 Å². The molecule has 2 N–H and O–H groups in total. The van der Waals surface area contributed by atoms with Crippen LogP contribution in [-0.4, -0.2) is 20.8 Å². The number of nitrogens with one attached hydrogen (secondary N) is 2. The molecule has 1 heterocycles. The molecule has 1 aromatic heterocycles. The molecule has 1 aromatic carbocycles. The topological polar surface area (TPSA) is 101 Å². The Hall–Kier alpha value is -2.96. The first-order chi connectivity index (χ1) is 9.66. The molecule has 0 bridgehead atoms. The zero-order valence-corrected chi connectivity index (χ0v) is 10.4. The molecule has 102 valence electrons. The highest BCUT2D eigenvalue weighted by molar-refractivity contribution is 5.92. The van der Waals surface area contributed by atoms with Crippen molar-refractivity contribution in [2.75, 3.05) is 0 Å². The first-order valence-electron chi connectivity index (χ1n) is 5.84. The Labute approximate surface area is 114 Å². The van der Waals surface area contributed by atoms with Gasteiger partial charge in [-0.2, -0.15) is 0 Å². The van der Waals surface area contributed by atoms with Crippen molar-refractivity contribution in [3.8, 4) is 0 Å². The van der Waals surface area contributed by atoms with Gasteiger partial charge in [-0.15, -0.1) is 0 Å². The van der Waals surface area contributed by atoms with Crippen molar-refractivity contribution in [3.63, 3.8) is 0 Å². The van der Waals surface area contributed by atoms with Crippen LogP contribution in [0.25, 0.3) is 6.08 Å². The first-order valence-corrected chi connectivity index (χ1v) is 5.84. The third-order valence-corrected chi connectivity index (χ3v) is 2.53. The van der Waals surface area contributed by atoms with Gasteiger partial charge in [0.05, 0.1) is 17.0 Å². The van der Waals surface area contributed by atoms with Crippen molar-refractivity contribution >= 4 is 17.7 Å².